The minimum Gasteiger partial charge on any atom is -0.296 e. The smallest absolute Gasteiger partial charge is 0.244 e. The van der Waals surface area contributed by atoms with Crippen LogP contribution in [0, 0.1) is 17.1 Å². The van der Waals surface area contributed by atoms with Gasteiger partial charge < -0.3 is 0 Å². The summed E-state index contributed by atoms with van der Waals surface area (Å²) in [6, 6.07) is 12.4. The van der Waals surface area contributed by atoms with Gasteiger partial charge in [0.25, 0.3) is 0 Å². The van der Waals surface area contributed by atoms with Crippen molar-refractivity contribution in [3.8, 4) is 6.07 Å². The van der Waals surface area contributed by atoms with E-state index in [1.807, 2.05) is 6.07 Å². The number of halogens is 2. The minimum absolute atomic E-state index is 0.0394. The number of sulfonamides is 1. The topological polar surface area (TPSA) is 64.4 Å². The molecule has 1 aliphatic rings. The van der Waals surface area contributed by atoms with Gasteiger partial charge in [-0.15, -0.1) is 0 Å². The van der Waals surface area contributed by atoms with Gasteiger partial charge in [-0.1, -0.05) is 29.8 Å². The summed E-state index contributed by atoms with van der Waals surface area (Å²) in [5.41, 5.74) is 0.951. The van der Waals surface area contributed by atoms with Gasteiger partial charge in [0.05, 0.1) is 10.5 Å². The summed E-state index contributed by atoms with van der Waals surface area (Å²) in [5.74, 6) is -0.383. The molecular formula is C18H17ClFN3O2S. The minimum atomic E-state index is -3.71. The maximum Gasteiger partial charge on any atom is 0.244 e. The average molecular weight is 394 g/mol. The molecule has 3 rings (SSSR count). The fourth-order valence-electron chi connectivity index (χ4n) is 2.94. The zero-order valence-electron chi connectivity index (χ0n) is 13.9. The number of piperazine rings is 1. The quantitative estimate of drug-likeness (QED) is 0.801. The molecule has 136 valence electrons. The van der Waals surface area contributed by atoms with Crippen LogP contribution in [0.4, 0.5) is 4.39 Å². The normalized spacial score (nSPS) is 16.3. The standard InChI is InChI=1S/C18H17ClFN3O2S/c19-17-11-16(20)6-5-15(17)13-22-7-9-23(10-8-22)26(24,25)18-4-2-1-3-14(18)12-21/h1-6,11H,7-10,13H2. The molecule has 0 spiro atoms. The summed E-state index contributed by atoms with van der Waals surface area (Å²) in [6.45, 7) is 2.23. The lowest BCUT2D eigenvalue weighted by atomic mass is 10.2. The lowest BCUT2D eigenvalue weighted by Gasteiger charge is -2.34. The fourth-order valence-corrected chi connectivity index (χ4v) is 4.73. The fraction of sp³-hybridized carbons (Fsp3) is 0.278. The highest BCUT2D eigenvalue weighted by atomic mass is 35.5. The largest absolute Gasteiger partial charge is 0.296 e. The Balaban J connectivity index is 1.69. The molecule has 0 aromatic heterocycles. The van der Waals surface area contributed by atoms with Crippen molar-refractivity contribution in [2.24, 2.45) is 0 Å². The molecule has 2 aromatic carbocycles. The molecule has 0 bridgehead atoms. The Hall–Kier alpha value is -1.98. The van der Waals surface area contributed by atoms with Crippen LogP contribution >= 0.6 is 11.6 Å². The Kier molecular flexibility index (Phi) is 5.58. The number of hydrogen-bond acceptors (Lipinski definition) is 4. The molecule has 2 aromatic rings. The summed E-state index contributed by atoms with van der Waals surface area (Å²) < 4.78 is 40.2. The molecule has 1 aliphatic heterocycles. The Morgan fingerprint density at radius 3 is 2.46 bits per heavy atom. The van der Waals surface area contributed by atoms with E-state index in [4.69, 9.17) is 16.9 Å². The molecule has 0 saturated carbocycles. The molecule has 0 N–H and O–H groups in total. The second-order valence-electron chi connectivity index (χ2n) is 6.02. The predicted octanol–water partition coefficient (Wildman–Crippen LogP) is 2.86. The van der Waals surface area contributed by atoms with Gasteiger partial charge >= 0.3 is 0 Å². The van der Waals surface area contributed by atoms with Crippen molar-refractivity contribution in [1.29, 1.82) is 5.26 Å². The lowest BCUT2D eigenvalue weighted by Crippen LogP contribution is -2.48. The third-order valence-corrected chi connectivity index (χ3v) is 6.67. The van der Waals surface area contributed by atoms with Crippen LogP contribution in [0.25, 0.3) is 0 Å². The van der Waals surface area contributed by atoms with Gasteiger partial charge in [-0.05, 0) is 29.8 Å². The van der Waals surface area contributed by atoms with Gasteiger partial charge in [0.15, 0.2) is 0 Å². The maximum absolute atomic E-state index is 13.1. The Morgan fingerprint density at radius 1 is 1.12 bits per heavy atom. The number of hydrogen-bond donors (Lipinski definition) is 0. The average Bonchev–Trinajstić information content (AvgIpc) is 2.64. The van der Waals surface area contributed by atoms with E-state index >= 15 is 0 Å². The predicted molar refractivity (Wildman–Crippen MR) is 96.6 cm³/mol. The summed E-state index contributed by atoms with van der Waals surface area (Å²) in [5, 5.41) is 9.52. The summed E-state index contributed by atoms with van der Waals surface area (Å²) in [6.07, 6.45) is 0. The van der Waals surface area contributed by atoms with E-state index in [1.54, 1.807) is 18.2 Å². The van der Waals surface area contributed by atoms with Crippen LogP contribution in [-0.2, 0) is 16.6 Å². The van der Waals surface area contributed by atoms with Crippen molar-refractivity contribution in [1.82, 2.24) is 9.21 Å². The van der Waals surface area contributed by atoms with E-state index in [1.165, 1.54) is 28.6 Å². The third kappa shape index (κ3) is 3.89. The molecule has 0 radical (unpaired) electrons. The van der Waals surface area contributed by atoms with E-state index in [9.17, 15) is 12.8 Å². The second-order valence-corrected chi connectivity index (χ2v) is 8.34. The first-order valence-electron chi connectivity index (χ1n) is 8.07. The number of nitriles is 1. The first-order chi connectivity index (χ1) is 12.4. The molecule has 0 aliphatic carbocycles. The molecule has 1 saturated heterocycles. The summed E-state index contributed by atoms with van der Waals surface area (Å²) >= 11 is 6.06. The zero-order valence-corrected chi connectivity index (χ0v) is 15.5. The highest BCUT2D eigenvalue weighted by Crippen LogP contribution is 2.23. The Bertz CT molecular complexity index is 951. The molecule has 1 fully saturated rings. The van der Waals surface area contributed by atoms with Crippen LogP contribution in [-0.4, -0.2) is 43.8 Å². The van der Waals surface area contributed by atoms with Gasteiger partial charge in [0, 0.05) is 37.7 Å². The van der Waals surface area contributed by atoms with E-state index in [0.717, 1.165) is 5.56 Å². The van der Waals surface area contributed by atoms with E-state index < -0.39 is 10.0 Å². The second kappa shape index (κ2) is 7.72. The molecule has 0 unspecified atom stereocenters. The van der Waals surface area contributed by atoms with E-state index in [2.05, 4.69) is 4.90 Å². The third-order valence-electron chi connectivity index (χ3n) is 4.37. The Labute approximate surface area is 157 Å². The molecule has 26 heavy (non-hydrogen) atoms. The van der Waals surface area contributed by atoms with Crippen molar-refractivity contribution in [2.45, 2.75) is 11.4 Å². The van der Waals surface area contributed by atoms with Crippen LogP contribution in [0.5, 0.6) is 0 Å². The Morgan fingerprint density at radius 2 is 1.81 bits per heavy atom. The first-order valence-corrected chi connectivity index (χ1v) is 9.89. The van der Waals surface area contributed by atoms with Crippen molar-refractivity contribution in [2.75, 3.05) is 26.2 Å². The van der Waals surface area contributed by atoms with Crippen LogP contribution in [0.1, 0.15) is 11.1 Å². The van der Waals surface area contributed by atoms with Gasteiger partial charge in [0.2, 0.25) is 10.0 Å². The molecule has 5 nitrogen and oxygen atoms in total. The zero-order chi connectivity index (χ0) is 18.7. The van der Waals surface area contributed by atoms with Crippen molar-refractivity contribution in [3.05, 3.63) is 64.4 Å². The monoisotopic (exact) mass is 393 g/mol. The van der Waals surface area contributed by atoms with Gasteiger partial charge in [-0.25, -0.2) is 12.8 Å². The number of benzene rings is 2. The molecular weight excluding hydrogens is 377 g/mol. The number of nitrogens with zero attached hydrogens (tertiary/aromatic N) is 3. The van der Waals surface area contributed by atoms with Crippen molar-refractivity contribution in [3.63, 3.8) is 0 Å². The summed E-state index contributed by atoms with van der Waals surface area (Å²) in [7, 11) is -3.71. The lowest BCUT2D eigenvalue weighted by molar-refractivity contribution is 0.181. The van der Waals surface area contributed by atoms with Crippen LogP contribution in [0.3, 0.4) is 0 Å². The van der Waals surface area contributed by atoms with Crippen molar-refractivity contribution >= 4 is 21.6 Å². The first kappa shape index (κ1) is 18.8. The SMILES string of the molecule is N#Cc1ccccc1S(=O)(=O)N1CCN(Cc2ccc(F)cc2Cl)CC1. The molecule has 0 atom stereocenters. The summed E-state index contributed by atoms with van der Waals surface area (Å²) in [4.78, 5) is 2.11. The van der Waals surface area contributed by atoms with Gasteiger partial charge in [-0.3, -0.25) is 4.90 Å². The number of rotatable bonds is 4. The maximum atomic E-state index is 13.1. The molecule has 1 heterocycles. The molecule has 8 heteroatoms. The van der Waals surface area contributed by atoms with Crippen LogP contribution in [0.2, 0.25) is 5.02 Å². The molecule has 0 amide bonds. The van der Waals surface area contributed by atoms with E-state index in [0.29, 0.717) is 37.7 Å². The highest BCUT2D eigenvalue weighted by molar-refractivity contribution is 7.89. The van der Waals surface area contributed by atoms with Crippen LogP contribution in [0.15, 0.2) is 47.4 Å². The van der Waals surface area contributed by atoms with Gasteiger partial charge in [-0.2, -0.15) is 9.57 Å². The van der Waals surface area contributed by atoms with Crippen LogP contribution < -0.4 is 0 Å². The highest BCUT2D eigenvalue weighted by Gasteiger charge is 2.30. The van der Waals surface area contributed by atoms with Crippen molar-refractivity contribution < 1.29 is 12.8 Å². The van der Waals surface area contributed by atoms with E-state index in [-0.39, 0.29) is 16.3 Å². The van der Waals surface area contributed by atoms with Gasteiger partial charge in [0.1, 0.15) is 11.9 Å².